The normalized spacial score (nSPS) is 29.1. The fraction of sp³-hybridized carbons (Fsp3) is 0.417. The van der Waals surface area contributed by atoms with Crippen molar-refractivity contribution in [2.24, 2.45) is 0 Å². The van der Waals surface area contributed by atoms with Crippen molar-refractivity contribution in [1.29, 1.82) is 0 Å². The molecule has 0 bridgehead atoms. The van der Waals surface area contributed by atoms with E-state index in [4.69, 9.17) is 4.74 Å². The third kappa shape index (κ3) is 1.30. The van der Waals surface area contributed by atoms with Gasteiger partial charge in [-0.1, -0.05) is 18.2 Å². The summed E-state index contributed by atoms with van der Waals surface area (Å²) in [5, 5.41) is 0. The van der Waals surface area contributed by atoms with Crippen LogP contribution in [0.2, 0.25) is 0 Å². The molecule has 0 radical (unpaired) electrons. The number of carbonyl (C=O) groups excluding carboxylic acids is 1. The Balaban J connectivity index is 1.95. The van der Waals surface area contributed by atoms with Gasteiger partial charge in [0.25, 0.3) is 0 Å². The second kappa shape index (κ2) is 3.26. The highest BCUT2D eigenvalue weighted by Gasteiger charge is 2.45. The Kier molecular flexibility index (Phi) is 1.91. The molecule has 1 saturated carbocycles. The molecule has 1 aromatic rings. The van der Waals surface area contributed by atoms with Crippen LogP contribution in [0, 0.1) is 0 Å². The van der Waals surface area contributed by atoms with Crippen LogP contribution in [-0.4, -0.2) is 18.2 Å². The van der Waals surface area contributed by atoms with Crippen molar-refractivity contribution in [3.63, 3.8) is 0 Å². The van der Waals surface area contributed by atoms with E-state index in [0.717, 1.165) is 24.9 Å². The fourth-order valence-electron chi connectivity index (χ4n) is 2.55. The van der Waals surface area contributed by atoms with Crippen LogP contribution in [0.3, 0.4) is 0 Å². The van der Waals surface area contributed by atoms with Gasteiger partial charge < -0.3 is 4.74 Å². The van der Waals surface area contributed by atoms with Crippen molar-refractivity contribution in [1.82, 2.24) is 0 Å². The Bertz CT molecular complexity index is 376. The van der Waals surface area contributed by atoms with Crippen LogP contribution in [0.1, 0.15) is 19.3 Å². The lowest BCUT2D eigenvalue weighted by Gasteiger charge is -2.19. The molecule has 3 rings (SSSR count). The Morgan fingerprint density at radius 1 is 1.20 bits per heavy atom. The number of amides is 1. The molecule has 1 aliphatic carbocycles. The first kappa shape index (κ1) is 8.77. The number of ether oxygens (including phenoxy) is 1. The highest BCUT2D eigenvalue weighted by Crippen LogP contribution is 2.36. The molecule has 3 heteroatoms. The van der Waals surface area contributed by atoms with Crippen LogP contribution >= 0.6 is 0 Å². The first-order chi connectivity index (χ1) is 7.36. The van der Waals surface area contributed by atoms with Gasteiger partial charge in [0.15, 0.2) is 0 Å². The van der Waals surface area contributed by atoms with Crippen molar-refractivity contribution < 1.29 is 9.53 Å². The van der Waals surface area contributed by atoms with Crippen LogP contribution in [0.4, 0.5) is 10.5 Å². The van der Waals surface area contributed by atoms with Crippen molar-refractivity contribution >= 4 is 11.8 Å². The van der Waals surface area contributed by atoms with E-state index < -0.39 is 0 Å². The molecule has 2 unspecified atom stereocenters. The van der Waals surface area contributed by atoms with Gasteiger partial charge in [-0.2, -0.15) is 0 Å². The third-order valence-corrected chi connectivity index (χ3v) is 3.23. The Labute approximate surface area is 88.6 Å². The monoisotopic (exact) mass is 203 g/mol. The maximum atomic E-state index is 11.7. The number of rotatable bonds is 1. The van der Waals surface area contributed by atoms with E-state index in [1.807, 2.05) is 30.3 Å². The summed E-state index contributed by atoms with van der Waals surface area (Å²) in [6.07, 6.45) is 3.17. The summed E-state index contributed by atoms with van der Waals surface area (Å²) in [5.41, 5.74) is 0.955. The van der Waals surface area contributed by atoms with E-state index in [1.165, 1.54) is 0 Å². The van der Waals surface area contributed by atoms with E-state index >= 15 is 0 Å². The number of nitrogens with zero attached hydrogens (tertiary/aromatic N) is 1. The van der Waals surface area contributed by atoms with Crippen molar-refractivity contribution in [2.45, 2.75) is 31.4 Å². The Hall–Kier alpha value is -1.51. The van der Waals surface area contributed by atoms with E-state index in [9.17, 15) is 4.79 Å². The molecule has 15 heavy (non-hydrogen) atoms. The minimum absolute atomic E-state index is 0.123. The first-order valence-corrected chi connectivity index (χ1v) is 5.41. The molecular weight excluding hydrogens is 190 g/mol. The van der Waals surface area contributed by atoms with Gasteiger partial charge in [0.05, 0.1) is 6.04 Å². The van der Waals surface area contributed by atoms with Crippen LogP contribution in [-0.2, 0) is 4.74 Å². The second-order valence-electron chi connectivity index (χ2n) is 4.13. The average molecular weight is 203 g/mol. The second-order valence-corrected chi connectivity index (χ2v) is 4.13. The van der Waals surface area contributed by atoms with Crippen LogP contribution in [0.15, 0.2) is 30.3 Å². The molecule has 1 saturated heterocycles. The zero-order valence-corrected chi connectivity index (χ0v) is 8.43. The number of fused-ring (bicyclic) bond motifs is 1. The van der Waals surface area contributed by atoms with Gasteiger partial charge in [-0.3, -0.25) is 4.90 Å². The van der Waals surface area contributed by atoms with Crippen LogP contribution < -0.4 is 4.90 Å². The molecule has 2 fully saturated rings. The zero-order valence-electron chi connectivity index (χ0n) is 8.43. The van der Waals surface area contributed by atoms with Gasteiger partial charge in [0, 0.05) is 5.69 Å². The van der Waals surface area contributed by atoms with Crippen molar-refractivity contribution in [3.05, 3.63) is 30.3 Å². The summed E-state index contributed by atoms with van der Waals surface area (Å²) in [6.45, 7) is 0. The first-order valence-electron chi connectivity index (χ1n) is 5.41. The third-order valence-electron chi connectivity index (χ3n) is 3.23. The molecule has 2 atom stereocenters. The lowest BCUT2D eigenvalue weighted by Crippen LogP contribution is -2.33. The Morgan fingerprint density at radius 2 is 2.00 bits per heavy atom. The van der Waals surface area contributed by atoms with Crippen molar-refractivity contribution in [2.75, 3.05) is 4.90 Å². The molecule has 0 aromatic heterocycles. The molecule has 1 amide bonds. The van der Waals surface area contributed by atoms with Crippen molar-refractivity contribution in [3.8, 4) is 0 Å². The molecule has 1 heterocycles. The van der Waals surface area contributed by atoms with Gasteiger partial charge in [-0.15, -0.1) is 0 Å². The largest absolute Gasteiger partial charge is 0.444 e. The summed E-state index contributed by atoms with van der Waals surface area (Å²) >= 11 is 0. The van der Waals surface area contributed by atoms with Gasteiger partial charge in [0.1, 0.15) is 6.10 Å². The molecule has 2 aliphatic rings. The quantitative estimate of drug-likeness (QED) is 0.702. The van der Waals surface area contributed by atoms with Crippen LogP contribution in [0.25, 0.3) is 0 Å². The number of anilines is 1. The predicted molar refractivity (Wildman–Crippen MR) is 56.8 cm³/mol. The smallest absolute Gasteiger partial charge is 0.415 e. The van der Waals surface area contributed by atoms with Gasteiger partial charge in [-0.25, -0.2) is 4.79 Å². The summed E-state index contributed by atoms with van der Waals surface area (Å²) in [7, 11) is 0. The number of benzene rings is 1. The van der Waals surface area contributed by atoms with E-state index in [2.05, 4.69) is 0 Å². The highest BCUT2D eigenvalue weighted by atomic mass is 16.6. The number of hydrogen-bond acceptors (Lipinski definition) is 2. The Morgan fingerprint density at radius 3 is 2.80 bits per heavy atom. The highest BCUT2D eigenvalue weighted by molar-refractivity contribution is 5.90. The molecule has 1 aliphatic heterocycles. The van der Waals surface area contributed by atoms with Crippen LogP contribution in [0.5, 0.6) is 0 Å². The lowest BCUT2D eigenvalue weighted by molar-refractivity contribution is 0.138. The number of para-hydroxylation sites is 1. The summed E-state index contributed by atoms with van der Waals surface area (Å²) in [4.78, 5) is 13.5. The summed E-state index contributed by atoms with van der Waals surface area (Å²) in [5.74, 6) is 0. The predicted octanol–water partition coefficient (Wildman–Crippen LogP) is 2.56. The van der Waals surface area contributed by atoms with Gasteiger partial charge in [0.2, 0.25) is 0 Å². The molecule has 0 N–H and O–H groups in total. The number of hydrogen-bond donors (Lipinski definition) is 0. The SMILES string of the molecule is O=C1OC2CCCC2N1c1ccccc1. The minimum Gasteiger partial charge on any atom is -0.444 e. The lowest BCUT2D eigenvalue weighted by atomic mass is 10.2. The van der Waals surface area contributed by atoms with E-state index in [-0.39, 0.29) is 18.2 Å². The van der Waals surface area contributed by atoms with E-state index in [0.29, 0.717) is 0 Å². The fourth-order valence-corrected chi connectivity index (χ4v) is 2.55. The minimum atomic E-state index is -0.184. The molecule has 3 nitrogen and oxygen atoms in total. The average Bonchev–Trinajstić information content (AvgIpc) is 2.78. The zero-order chi connectivity index (χ0) is 10.3. The topological polar surface area (TPSA) is 29.5 Å². The van der Waals surface area contributed by atoms with Gasteiger partial charge >= 0.3 is 6.09 Å². The van der Waals surface area contributed by atoms with E-state index in [1.54, 1.807) is 4.90 Å². The molecule has 0 spiro atoms. The summed E-state index contributed by atoms with van der Waals surface area (Å²) < 4.78 is 5.34. The number of carbonyl (C=O) groups is 1. The van der Waals surface area contributed by atoms with Gasteiger partial charge in [-0.05, 0) is 31.4 Å². The molecule has 78 valence electrons. The maximum Gasteiger partial charge on any atom is 0.415 e. The standard InChI is InChI=1S/C12H13NO2/c14-12-13(9-5-2-1-3-6-9)10-7-4-8-11(10)15-12/h1-3,5-6,10-11H,4,7-8H2. The molecular formula is C12H13NO2. The maximum absolute atomic E-state index is 11.7. The molecule has 1 aromatic carbocycles. The summed E-state index contributed by atoms with van der Waals surface area (Å²) in [6, 6.07) is 10.0.